The Bertz CT molecular complexity index is 275. The molecule has 1 heterocycles. The first-order chi connectivity index (χ1) is 6.21. The van der Waals surface area contributed by atoms with Crippen molar-refractivity contribution in [2.45, 2.75) is 38.2 Å². The number of hydrogen-bond acceptors (Lipinski definition) is 4. The van der Waals surface area contributed by atoms with E-state index < -0.39 is 5.60 Å². The molecule has 1 saturated carbocycles. The van der Waals surface area contributed by atoms with Crippen LogP contribution in [0.4, 0.5) is 0 Å². The molecule has 1 aliphatic carbocycles. The topological polar surface area (TPSA) is 46.0 Å². The summed E-state index contributed by atoms with van der Waals surface area (Å²) in [4.78, 5) is 0. The minimum Gasteiger partial charge on any atom is -0.389 e. The molecule has 13 heavy (non-hydrogen) atoms. The molecule has 0 aromatic carbocycles. The molecule has 2 atom stereocenters. The molecule has 1 aromatic heterocycles. The molecule has 4 heteroatoms. The van der Waals surface area contributed by atoms with Crippen LogP contribution in [0.1, 0.15) is 31.9 Å². The van der Waals surface area contributed by atoms with Crippen LogP contribution in [-0.4, -0.2) is 19.5 Å². The van der Waals surface area contributed by atoms with Gasteiger partial charge in [-0.3, -0.25) is 0 Å². The summed E-state index contributed by atoms with van der Waals surface area (Å²) in [5.41, 5.74) is 0.414. The fourth-order valence-electron chi connectivity index (χ4n) is 2.07. The standard InChI is InChI=1S/C9H14N2OS/c1-7-3-2-4-9(7,12)5-8-6-10-13-11-8/h6-7,12H,2-5H2,1H3. The minimum absolute atomic E-state index is 0.397. The fourth-order valence-corrected chi connectivity index (χ4v) is 2.50. The Morgan fingerprint density at radius 1 is 1.77 bits per heavy atom. The summed E-state index contributed by atoms with van der Waals surface area (Å²) in [6.45, 7) is 2.12. The number of rotatable bonds is 2. The van der Waals surface area contributed by atoms with Crippen LogP contribution in [-0.2, 0) is 6.42 Å². The van der Waals surface area contributed by atoms with Crippen molar-refractivity contribution in [2.75, 3.05) is 0 Å². The molecule has 2 unspecified atom stereocenters. The zero-order valence-electron chi connectivity index (χ0n) is 7.73. The lowest BCUT2D eigenvalue weighted by Gasteiger charge is -2.26. The summed E-state index contributed by atoms with van der Waals surface area (Å²) in [6, 6.07) is 0. The Kier molecular flexibility index (Phi) is 2.34. The zero-order chi connectivity index (χ0) is 9.31. The highest BCUT2D eigenvalue weighted by Gasteiger charge is 2.38. The second kappa shape index (κ2) is 3.35. The lowest BCUT2D eigenvalue weighted by molar-refractivity contribution is 0.00889. The molecule has 0 bridgehead atoms. The monoisotopic (exact) mass is 198 g/mol. The van der Waals surface area contributed by atoms with E-state index in [0.29, 0.717) is 12.3 Å². The van der Waals surface area contributed by atoms with Gasteiger partial charge in [-0.2, -0.15) is 8.75 Å². The van der Waals surface area contributed by atoms with E-state index in [4.69, 9.17) is 0 Å². The van der Waals surface area contributed by atoms with Gasteiger partial charge in [0.15, 0.2) is 0 Å². The van der Waals surface area contributed by atoms with Crippen LogP contribution < -0.4 is 0 Å². The quantitative estimate of drug-likeness (QED) is 0.785. The van der Waals surface area contributed by atoms with Gasteiger partial charge in [-0.05, 0) is 18.8 Å². The summed E-state index contributed by atoms with van der Waals surface area (Å²) >= 11 is 1.21. The summed E-state index contributed by atoms with van der Waals surface area (Å²) in [7, 11) is 0. The molecule has 0 saturated heterocycles. The van der Waals surface area contributed by atoms with Gasteiger partial charge in [0, 0.05) is 6.42 Å². The maximum absolute atomic E-state index is 10.3. The van der Waals surface area contributed by atoms with E-state index in [9.17, 15) is 5.11 Å². The average molecular weight is 198 g/mol. The van der Waals surface area contributed by atoms with Crippen molar-refractivity contribution in [1.82, 2.24) is 8.75 Å². The van der Waals surface area contributed by atoms with Gasteiger partial charge in [-0.25, -0.2) is 0 Å². The molecule has 3 nitrogen and oxygen atoms in total. The minimum atomic E-state index is -0.518. The van der Waals surface area contributed by atoms with Crippen LogP contribution in [0, 0.1) is 5.92 Å². The average Bonchev–Trinajstić information content (AvgIpc) is 2.65. The Balaban J connectivity index is 2.08. The van der Waals surface area contributed by atoms with Crippen molar-refractivity contribution >= 4 is 11.7 Å². The molecule has 0 amide bonds. The molecular weight excluding hydrogens is 184 g/mol. The van der Waals surface area contributed by atoms with Gasteiger partial charge in [0.05, 0.1) is 29.2 Å². The summed E-state index contributed by atoms with van der Waals surface area (Å²) in [5, 5.41) is 10.3. The molecule has 1 aliphatic rings. The SMILES string of the molecule is CC1CCCC1(O)Cc1cnsn1. The Labute approximate surface area is 82.1 Å². The molecule has 0 spiro atoms. The van der Waals surface area contributed by atoms with Gasteiger partial charge >= 0.3 is 0 Å². The van der Waals surface area contributed by atoms with Gasteiger partial charge in [0.2, 0.25) is 0 Å². The normalized spacial score (nSPS) is 33.8. The molecule has 0 radical (unpaired) electrons. The smallest absolute Gasteiger partial charge is 0.0771 e. The molecule has 72 valence electrons. The second-order valence-corrected chi connectivity index (χ2v) is 4.53. The number of hydrogen-bond donors (Lipinski definition) is 1. The number of aliphatic hydroxyl groups is 1. The van der Waals surface area contributed by atoms with Crippen LogP contribution in [0.2, 0.25) is 0 Å². The van der Waals surface area contributed by atoms with E-state index >= 15 is 0 Å². The van der Waals surface area contributed by atoms with Crippen molar-refractivity contribution in [3.05, 3.63) is 11.9 Å². The Hall–Kier alpha value is -0.480. The van der Waals surface area contributed by atoms with Crippen LogP contribution >= 0.6 is 11.7 Å². The molecule has 1 fully saturated rings. The zero-order valence-corrected chi connectivity index (χ0v) is 8.55. The first kappa shape index (κ1) is 9.09. The highest BCUT2D eigenvalue weighted by Crippen LogP contribution is 2.37. The van der Waals surface area contributed by atoms with E-state index in [0.717, 1.165) is 25.0 Å². The third-order valence-electron chi connectivity index (χ3n) is 3.06. The van der Waals surface area contributed by atoms with Crippen LogP contribution in [0.5, 0.6) is 0 Å². The van der Waals surface area contributed by atoms with E-state index in [-0.39, 0.29) is 0 Å². The van der Waals surface area contributed by atoms with Gasteiger partial charge < -0.3 is 5.11 Å². The summed E-state index contributed by atoms with van der Waals surface area (Å²) in [5.74, 6) is 0.397. The van der Waals surface area contributed by atoms with Crippen LogP contribution in [0.15, 0.2) is 6.20 Å². The fraction of sp³-hybridized carbons (Fsp3) is 0.778. The second-order valence-electron chi connectivity index (χ2n) is 3.97. The van der Waals surface area contributed by atoms with Gasteiger partial charge in [0.1, 0.15) is 0 Å². The highest BCUT2D eigenvalue weighted by molar-refractivity contribution is 6.99. The molecule has 0 aliphatic heterocycles. The first-order valence-electron chi connectivity index (χ1n) is 4.69. The van der Waals surface area contributed by atoms with Gasteiger partial charge in [-0.1, -0.05) is 13.3 Å². The predicted molar refractivity (Wildman–Crippen MR) is 51.6 cm³/mol. The van der Waals surface area contributed by atoms with Crippen LogP contribution in [0.25, 0.3) is 0 Å². The lowest BCUT2D eigenvalue weighted by Crippen LogP contribution is -2.34. The lowest BCUT2D eigenvalue weighted by atomic mass is 9.88. The maximum Gasteiger partial charge on any atom is 0.0771 e. The first-order valence-corrected chi connectivity index (χ1v) is 5.42. The van der Waals surface area contributed by atoms with Gasteiger partial charge in [0.25, 0.3) is 0 Å². The van der Waals surface area contributed by atoms with Crippen molar-refractivity contribution in [3.63, 3.8) is 0 Å². The van der Waals surface area contributed by atoms with E-state index in [1.807, 2.05) is 0 Å². The van der Waals surface area contributed by atoms with E-state index in [1.54, 1.807) is 6.20 Å². The number of aromatic nitrogens is 2. The van der Waals surface area contributed by atoms with E-state index in [2.05, 4.69) is 15.7 Å². The van der Waals surface area contributed by atoms with Crippen LogP contribution in [0.3, 0.4) is 0 Å². The Morgan fingerprint density at radius 3 is 3.15 bits per heavy atom. The number of nitrogens with zero attached hydrogens (tertiary/aromatic N) is 2. The van der Waals surface area contributed by atoms with Crippen molar-refractivity contribution < 1.29 is 5.11 Å². The highest BCUT2D eigenvalue weighted by atomic mass is 32.1. The van der Waals surface area contributed by atoms with E-state index in [1.165, 1.54) is 11.7 Å². The van der Waals surface area contributed by atoms with Crippen molar-refractivity contribution in [1.29, 1.82) is 0 Å². The predicted octanol–water partition coefficient (Wildman–Crippen LogP) is 1.63. The van der Waals surface area contributed by atoms with Crippen molar-refractivity contribution in [3.8, 4) is 0 Å². The molecule has 2 rings (SSSR count). The van der Waals surface area contributed by atoms with Crippen molar-refractivity contribution in [2.24, 2.45) is 5.92 Å². The molecule has 1 aromatic rings. The van der Waals surface area contributed by atoms with Gasteiger partial charge in [-0.15, -0.1) is 0 Å². The largest absolute Gasteiger partial charge is 0.389 e. The summed E-state index contributed by atoms with van der Waals surface area (Å²) in [6.07, 6.45) is 5.60. The third-order valence-corrected chi connectivity index (χ3v) is 3.57. The molecule has 1 N–H and O–H groups in total. The maximum atomic E-state index is 10.3. The molecular formula is C9H14N2OS. The summed E-state index contributed by atoms with van der Waals surface area (Å²) < 4.78 is 8.07. The Morgan fingerprint density at radius 2 is 2.62 bits per heavy atom. The third kappa shape index (κ3) is 1.74.